The van der Waals surface area contributed by atoms with Crippen molar-refractivity contribution in [2.45, 2.75) is 59.0 Å². The maximum atomic E-state index is 13.8. The first-order valence-corrected chi connectivity index (χ1v) is 8.27. The maximum Gasteiger partial charge on any atom is 0.127 e. The first-order valence-electron chi connectivity index (χ1n) is 7.89. The van der Waals surface area contributed by atoms with E-state index in [4.69, 9.17) is 11.6 Å². The van der Waals surface area contributed by atoms with E-state index in [0.29, 0.717) is 28.3 Å². The van der Waals surface area contributed by atoms with Gasteiger partial charge in [-0.15, -0.1) is 0 Å². The van der Waals surface area contributed by atoms with Crippen LogP contribution in [0.4, 0.5) is 4.39 Å². The van der Waals surface area contributed by atoms with Crippen LogP contribution < -0.4 is 0 Å². The molecule has 0 amide bonds. The topological polar surface area (TPSA) is 20.2 Å². The second-order valence-electron chi connectivity index (χ2n) is 7.48. The van der Waals surface area contributed by atoms with Crippen LogP contribution in [0.3, 0.4) is 0 Å². The molecular weight excluding hydrogens is 287 g/mol. The number of benzene rings is 1. The molecule has 118 valence electrons. The molecule has 0 heterocycles. The van der Waals surface area contributed by atoms with Gasteiger partial charge in [0.1, 0.15) is 5.82 Å². The van der Waals surface area contributed by atoms with Crippen molar-refractivity contribution in [2.24, 2.45) is 17.3 Å². The average molecular weight is 313 g/mol. The number of aliphatic hydroxyl groups excluding tert-OH is 1. The first kappa shape index (κ1) is 16.8. The Morgan fingerprint density at radius 2 is 1.86 bits per heavy atom. The molecule has 0 aromatic heterocycles. The Bertz CT molecular complexity index is 473. The predicted octanol–water partition coefficient (Wildman–Crippen LogP) is 5.24. The van der Waals surface area contributed by atoms with Gasteiger partial charge in [0, 0.05) is 11.4 Å². The van der Waals surface area contributed by atoms with Gasteiger partial charge in [-0.3, -0.25) is 0 Å². The van der Waals surface area contributed by atoms with E-state index in [1.165, 1.54) is 6.07 Å². The van der Waals surface area contributed by atoms with Crippen LogP contribution in [0.5, 0.6) is 0 Å². The third-order valence-corrected chi connectivity index (χ3v) is 5.22. The molecule has 0 aliphatic heterocycles. The van der Waals surface area contributed by atoms with Gasteiger partial charge in [-0.25, -0.2) is 4.39 Å². The monoisotopic (exact) mass is 312 g/mol. The molecule has 1 aromatic carbocycles. The fourth-order valence-corrected chi connectivity index (χ4v) is 3.61. The minimum Gasteiger partial charge on any atom is -0.392 e. The molecule has 1 N–H and O–H groups in total. The Balaban J connectivity index is 1.92. The van der Waals surface area contributed by atoms with Crippen LogP contribution in [0.25, 0.3) is 0 Å². The second-order valence-corrected chi connectivity index (χ2v) is 7.92. The highest BCUT2D eigenvalue weighted by Gasteiger charge is 2.32. The van der Waals surface area contributed by atoms with E-state index in [-0.39, 0.29) is 5.82 Å². The molecule has 1 aliphatic rings. The van der Waals surface area contributed by atoms with Crippen LogP contribution >= 0.6 is 11.6 Å². The SMILES string of the molecule is CC(C)(C)C1CCC(C(O)Cc2ccc(Cl)cc2F)CC1. The third-order valence-electron chi connectivity index (χ3n) is 4.98. The Morgan fingerprint density at radius 1 is 1.24 bits per heavy atom. The molecule has 1 aliphatic carbocycles. The summed E-state index contributed by atoms with van der Waals surface area (Å²) < 4.78 is 13.8. The lowest BCUT2D eigenvalue weighted by Gasteiger charge is -2.38. The molecule has 2 rings (SSSR count). The fraction of sp³-hybridized carbons (Fsp3) is 0.667. The first-order chi connectivity index (χ1) is 9.77. The Hall–Kier alpha value is -0.600. The fourth-order valence-electron chi connectivity index (χ4n) is 3.45. The number of hydrogen-bond acceptors (Lipinski definition) is 1. The van der Waals surface area contributed by atoms with Crippen molar-refractivity contribution < 1.29 is 9.50 Å². The number of halogens is 2. The standard InChI is InChI=1S/C18H26ClFO/c1-18(2,3)14-7-4-12(5-8-14)17(21)10-13-6-9-15(19)11-16(13)20/h6,9,11-12,14,17,21H,4-5,7-8,10H2,1-3H3. The normalized spacial score (nSPS) is 24.9. The van der Waals surface area contributed by atoms with Gasteiger partial charge in [0.05, 0.1) is 6.10 Å². The van der Waals surface area contributed by atoms with E-state index in [1.54, 1.807) is 12.1 Å². The average Bonchev–Trinajstić information content (AvgIpc) is 2.41. The minimum atomic E-state index is -0.457. The van der Waals surface area contributed by atoms with E-state index < -0.39 is 6.10 Å². The van der Waals surface area contributed by atoms with Crippen LogP contribution in [-0.2, 0) is 6.42 Å². The van der Waals surface area contributed by atoms with Gasteiger partial charge in [-0.2, -0.15) is 0 Å². The largest absolute Gasteiger partial charge is 0.392 e. The molecule has 0 bridgehead atoms. The molecule has 0 radical (unpaired) electrons. The van der Waals surface area contributed by atoms with Crippen LogP contribution in [0.2, 0.25) is 5.02 Å². The highest BCUT2D eigenvalue weighted by molar-refractivity contribution is 6.30. The summed E-state index contributed by atoms with van der Waals surface area (Å²) in [7, 11) is 0. The Kier molecular flexibility index (Phi) is 5.32. The summed E-state index contributed by atoms with van der Waals surface area (Å²) in [5, 5.41) is 10.8. The molecule has 0 saturated heterocycles. The van der Waals surface area contributed by atoms with Crippen LogP contribution in [-0.4, -0.2) is 11.2 Å². The lowest BCUT2D eigenvalue weighted by molar-refractivity contribution is 0.0532. The summed E-state index contributed by atoms with van der Waals surface area (Å²) in [5.41, 5.74) is 0.905. The van der Waals surface area contributed by atoms with Gasteiger partial charge in [0.25, 0.3) is 0 Å². The summed E-state index contributed by atoms with van der Waals surface area (Å²) in [6.45, 7) is 6.87. The zero-order chi connectivity index (χ0) is 15.6. The maximum absolute atomic E-state index is 13.8. The number of aliphatic hydroxyl groups is 1. The lowest BCUT2D eigenvalue weighted by atomic mass is 9.68. The molecule has 1 atom stereocenters. The van der Waals surface area contributed by atoms with E-state index in [1.807, 2.05) is 0 Å². The lowest BCUT2D eigenvalue weighted by Crippen LogP contribution is -2.31. The van der Waals surface area contributed by atoms with Gasteiger partial charge in [0.2, 0.25) is 0 Å². The number of hydrogen-bond donors (Lipinski definition) is 1. The van der Waals surface area contributed by atoms with Crippen molar-refractivity contribution in [3.05, 3.63) is 34.6 Å². The summed E-state index contributed by atoms with van der Waals surface area (Å²) in [5.74, 6) is 0.705. The molecule has 21 heavy (non-hydrogen) atoms. The summed E-state index contributed by atoms with van der Waals surface area (Å²) in [6.07, 6.45) is 4.33. The van der Waals surface area contributed by atoms with Crippen molar-refractivity contribution in [3.63, 3.8) is 0 Å². The molecule has 1 saturated carbocycles. The van der Waals surface area contributed by atoms with Crippen molar-refractivity contribution in [1.29, 1.82) is 0 Å². The predicted molar refractivity (Wildman–Crippen MR) is 86.0 cm³/mol. The van der Waals surface area contributed by atoms with E-state index >= 15 is 0 Å². The van der Waals surface area contributed by atoms with E-state index in [2.05, 4.69) is 20.8 Å². The molecule has 1 aromatic rings. The van der Waals surface area contributed by atoms with Crippen molar-refractivity contribution in [3.8, 4) is 0 Å². The van der Waals surface area contributed by atoms with E-state index in [0.717, 1.165) is 31.6 Å². The van der Waals surface area contributed by atoms with Crippen LogP contribution in [0, 0.1) is 23.1 Å². The summed E-state index contributed by atoms with van der Waals surface area (Å²) >= 11 is 5.76. The van der Waals surface area contributed by atoms with Crippen LogP contribution in [0.1, 0.15) is 52.0 Å². The Morgan fingerprint density at radius 3 is 2.38 bits per heavy atom. The van der Waals surface area contributed by atoms with Crippen molar-refractivity contribution >= 4 is 11.6 Å². The minimum absolute atomic E-state index is 0.290. The molecular formula is C18H26ClFO. The van der Waals surface area contributed by atoms with Crippen LogP contribution in [0.15, 0.2) is 18.2 Å². The molecule has 1 unspecified atom stereocenters. The molecule has 3 heteroatoms. The quantitative estimate of drug-likeness (QED) is 0.809. The van der Waals surface area contributed by atoms with E-state index in [9.17, 15) is 9.50 Å². The van der Waals surface area contributed by atoms with Gasteiger partial charge in [-0.05, 0) is 60.6 Å². The van der Waals surface area contributed by atoms with Gasteiger partial charge >= 0.3 is 0 Å². The van der Waals surface area contributed by atoms with Crippen molar-refractivity contribution in [2.75, 3.05) is 0 Å². The van der Waals surface area contributed by atoms with Crippen molar-refractivity contribution in [1.82, 2.24) is 0 Å². The molecule has 0 spiro atoms. The summed E-state index contributed by atoms with van der Waals surface area (Å²) in [4.78, 5) is 0. The second kappa shape index (κ2) is 6.66. The highest BCUT2D eigenvalue weighted by atomic mass is 35.5. The zero-order valence-corrected chi connectivity index (χ0v) is 14.0. The van der Waals surface area contributed by atoms with Gasteiger partial charge in [-0.1, -0.05) is 38.4 Å². The highest BCUT2D eigenvalue weighted by Crippen LogP contribution is 2.41. The Labute approximate surface area is 132 Å². The smallest absolute Gasteiger partial charge is 0.127 e. The van der Waals surface area contributed by atoms with Gasteiger partial charge in [0.15, 0.2) is 0 Å². The van der Waals surface area contributed by atoms with Gasteiger partial charge < -0.3 is 5.11 Å². The molecule has 1 fully saturated rings. The zero-order valence-electron chi connectivity index (χ0n) is 13.2. The summed E-state index contributed by atoms with van der Waals surface area (Å²) in [6, 6.07) is 4.69. The number of rotatable bonds is 3. The molecule has 1 nitrogen and oxygen atoms in total. The third kappa shape index (κ3) is 4.43.